The van der Waals surface area contributed by atoms with Gasteiger partial charge in [-0.05, 0) is 25.0 Å². The van der Waals surface area contributed by atoms with Crippen LogP contribution in [0.25, 0.3) is 0 Å². The number of aromatic nitrogens is 1. The van der Waals surface area contributed by atoms with Gasteiger partial charge in [-0.2, -0.15) is 0 Å². The number of anilines is 2. The molecule has 0 bridgehead atoms. The van der Waals surface area contributed by atoms with Crippen molar-refractivity contribution in [2.45, 2.75) is 20.3 Å². The monoisotopic (exact) mass is 276 g/mol. The van der Waals surface area contributed by atoms with E-state index in [-0.39, 0.29) is 5.97 Å². The van der Waals surface area contributed by atoms with Gasteiger partial charge in [0.25, 0.3) is 0 Å². The topological polar surface area (TPSA) is 51.2 Å². The van der Waals surface area contributed by atoms with Crippen molar-refractivity contribution >= 4 is 28.1 Å². The number of para-hydroxylation sites is 1. The van der Waals surface area contributed by atoms with E-state index in [0.29, 0.717) is 17.4 Å². The first kappa shape index (κ1) is 13.5. The number of nitrogens with one attached hydrogen (secondary N) is 1. The van der Waals surface area contributed by atoms with E-state index in [0.717, 1.165) is 12.1 Å². The van der Waals surface area contributed by atoms with Gasteiger partial charge >= 0.3 is 5.97 Å². The smallest absolute Gasteiger partial charge is 0.357 e. The minimum absolute atomic E-state index is 0.350. The van der Waals surface area contributed by atoms with Crippen LogP contribution >= 0.6 is 11.3 Å². The van der Waals surface area contributed by atoms with Crippen molar-refractivity contribution in [1.82, 2.24) is 4.98 Å². The van der Waals surface area contributed by atoms with Crippen molar-refractivity contribution in [3.05, 3.63) is 40.9 Å². The lowest BCUT2D eigenvalue weighted by Crippen LogP contribution is -2.05. The lowest BCUT2D eigenvalue weighted by Gasteiger charge is -2.07. The Hall–Kier alpha value is -1.88. The van der Waals surface area contributed by atoms with E-state index in [1.54, 1.807) is 12.3 Å². The number of carbonyl (C=O) groups excluding carboxylic acids is 1. The molecule has 1 aromatic heterocycles. The van der Waals surface area contributed by atoms with Crippen molar-refractivity contribution in [1.29, 1.82) is 0 Å². The molecule has 1 aromatic carbocycles. The first-order valence-corrected chi connectivity index (χ1v) is 7.10. The second kappa shape index (κ2) is 6.33. The van der Waals surface area contributed by atoms with E-state index >= 15 is 0 Å². The normalized spacial score (nSPS) is 10.2. The standard InChI is InChI=1S/C14H16N2O2S/c1-3-10-7-5-6-8-11(10)15-14-16-12(9-19-14)13(17)18-4-2/h5-9H,3-4H2,1-2H3,(H,15,16). The van der Waals surface area contributed by atoms with Crippen molar-refractivity contribution in [3.63, 3.8) is 0 Å². The van der Waals surface area contributed by atoms with Gasteiger partial charge in [-0.1, -0.05) is 25.1 Å². The number of carbonyl (C=O) groups is 1. The summed E-state index contributed by atoms with van der Waals surface area (Å²) in [7, 11) is 0. The Balaban J connectivity index is 2.13. The highest BCUT2D eigenvalue weighted by Crippen LogP contribution is 2.24. The Bertz CT molecular complexity index is 566. The minimum Gasteiger partial charge on any atom is -0.461 e. The molecule has 19 heavy (non-hydrogen) atoms. The number of esters is 1. The molecule has 0 saturated heterocycles. The Morgan fingerprint density at radius 1 is 1.37 bits per heavy atom. The average Bonchev–Trinajstić information content (AvgIpc) is 2.88. The van der Waals surface area contributed by atoms with Crippen LogP contribution in [0.3, 0.4) is 0 Å². The van der Waals surface area contributed by atoms with E-state index in [1.807, 2.05) is 18.2 Å². The Morgan fingerprint density at radius 2 is 2.16 bits per heavy atom. The van der Waals surface area contributed by atoms with Gasteiger partial charge in [0.05, 0.1) is 6.61 Å². The molecule has 0 fully saturated rings. The van der Waals surface area contributed by atoms with Crippen molar-refractivity contribution in [2.24, 2.45) is 0 Å². The highest BCUT2D eigenvalue weighted by atomic mass is 32.1. The predicted octanol–water partition coefficient (Wildman–Crippen LogP) is 3.63. The first-order valence-electron chi connectivity index (χ1n) is 6.22. The highest BCUT2D eigenvalue weighted by Gasteiger charge is 2.12. The summed E-state index contributed by atoms with van der Waals surface area (Å²) in [6, 6.07) is 8.06. The van der Waals surface area contributed by atoms with Crippen LogP contribution in [0, 0.1) is 0 Å². The molecule has 5 heteroatoms. The zero-order chi connectivity index (χ0) is 13.7. The van der Waals surface area contributed by atoms with Crippen molar-refractivity contribution in [2.75, 3.05) is 11.9 Å². The van der Waals surface area contributed by atoms with Gasteiger partial charge < -0.3 is 10.1 Å². The van der Waals surface area contributed by atoms with Crippen LogP contribution in [0.4, 0.5) is 10.8 Å². The SMILES string of the molecule is CCOC(=O)c1csc(Nc2ccccc2CC)n1. The van der Waals surface area contributed by atoms with Gasteiger partial charge in [-0.25, -0.2) is 9.78 Å². The Morgan fingerprint density at radius 3 is 2.89 bits per heavy atom. The quantitative estimate of drug-likeness (QED) is 0.847. The first-order chi connectivity index (χ1) is 9.24. The summed E-state index contributed by atoms with van der Waals surface area (Å²) in [5.74, 6) is -0.379. The second-order valence-electron chi connectivity index (χ2n) is 3.89. The Labute approximate surface area is 116 Å². The molecule has 1 heterocycles. The Kier molecular flexibility index (Phi) is 4.52. The fraction of sp³-hybridized carbons (Fsp3) is 0.286. The van der Waals surface area contributed by atoms with E-state index in [1.165, 1.54) is 16.9 Å². The fourth-order valence-electron chi connectivity index (χ4n) is 1.70. The summed E-state index contributed by atoms with van der Waals surface area (Å²) in [6.07, 6.45) is 0.944. The minimum atomic E-state index is -0.379. The van der Waals surface area contributed by atoms with Crippen LogP contribution in [-0.2, 0) is 11.2 Å². The number of hydrogen-bond donors (Lipinski definition) is 1. The van der Waals surface area contributed by atoms with E-state index in [4.69, 9.17) is 4.74 Å². The summed E-state index contributed by atoms with van der Waals surface area (Å²) in [4.78, 5) is 15.8. The maximum absolute atomic E-state index is 11.5. The molecule has 0 amide bonds. The lowest BCUT2D eigenvalue weighted by molar-refractivity contribution is 0.0520. The highest BCUT2D eigenvalue weighted by molar-refractivity contribution is 7.14. The van der Waals surface area contributed by atoms with Gasteiger partial charge in [0.2, 0.25) is 0 Å². The maximum atomic E-state index is 11.5. The molecule has 100 valence electrons. The summed E-state index contributed by atoms with van der Waals surface area (Å²) in [5.41, 5.74) is 2.59. The molecule has 0 atom stereocenters. The molecule has 0 radical (unpaired) electrons. The molecular formula is C14H16N2O2S. The van der Waals surface area contributed by atoms with Crippen molar-refractivity contribution < 1.29 is 9.53 Å². The van der Waals surface area contributed by atoms with E-state index in [9.17, 15) is 4.79 Å². The summed E-state index contributed by atoms with van der Waals surface area (Å²) < 4.78 is 4.91. The number of nitrogens with zero attached hydrogens (tertiary/aromatic N) is 1. The third-order valence-corrected chi connectivity index (χ3v) is 3.39. The van der Waals surface area contributed by atoms with Crippen LogP contribution in [-0.4, -0.2) is 17.6 Å². The van der Waals surface area contributed by atoms with Crippen LogP contribution in [0.5, 0.6) is 0 Å². The number of rotatable bonds is 5. The molecule has 0 aliphatic rings. The molecule has 0 unspecified atom stereocenters. The van der Waals surface area contributed by atoms with Crippen LogP contribution < -0.4 is 5.32 Å². The molecule has 0 aliphatic carbocycles. The number of aryl methyl sites for hydroxylation is 1. The molecule has 2 rings (SSSR count). The molecule has 2 aromatic rings. The van der Waals surface area contributed by atoms with E-state index in [2.05, 4.69) is 23.3 Å². The third kappa shape index (κ3) is 3.32. The van der Waals surface area contributed by atoms with Gasteiger partial charge in [0.15, 0.2) is 10.8 Å². The molecule has 0 spiro atoms. The average molecular weight is 276 g/mol. The second-order valence-corrected chi connectivity index (χ2v) is 4.75. The molecule has 0 aliphatic heterocycles. The molecule has 4 nitrogen and oxygen atoms in total. The van der Waals surface area contributed by atoms with E-state index < -0.39 is 0 Å². The zero-order valence-corrected chi connectivity index (χ0v) is 11.8. The number of benzene rings is 1. The van der Waals surface area contributed by atoms with Gasteiger partial charge in [0, 0.05) is 11.1 Å². The largest absolute Gasteiger partial charge is 0.461 e. The summed E-state index contributed by atoms with van der Waals surface area (Å²) in [6.45, 7) is 4.24. The fourth-order valence-corrected chi connectivity index (χ4v) is 2.39. The zero-order valence-electron chi connectivity index (χ0n) is 11.0. The van der Waals surface area contributed by atoms with Gasteiger partial charge in [0.1, 0.15) is 0 Å². The number of thiazole rings is 1. The molecular weight excluding hydrogens is 260 g/mol. The van der Waals surface area contributed by atoms with Crippen LogP contribution in [0.2, 0.25) is 0 Å². The van der Waals surface area contributed by atoms with Gasteiger partial charge in [-0.15, -0.1) is 11.3 Å². The molecule has 0 saturated carbocycles. The molecule has 1 N–H and O–H groups in total. The number of hydrogen-bond acceptors (Lipinski definition) is 5. The summed E-state index contributed by atoms with van der Waals surface area (Å²) in [5, 5.41) is 5.64. The van der Waals surface area contributed by atoms with Crippen LogP contribution in [0.15, 0.2) is 29.6 Å². The van der Waals surface area contributed by atoms with Gasteiger partial charge in [-0.3, -0.25) is 0 Å². The maximum Gasteiger partial charge on any atom is 0.357 e. The predicted molar refractivity (Wildman–Crippen MR) is 77.2 cm³/mol. The third-order valence-electron chi connectivity index (χ3n) is 2.63. The number of ether oxygens (including phenoxy) is 1. The lowest BCUT2D eigenvalue weighted by atomic mass is 10.1. The van der Waals surface area contributed by atoms with Crippen molar-refractivity contribution in [3.8, 4) is 0 Å². The van der Waals surface area contributed by atoms with Crippen LogP contribution in [0.1, 0.15) is 29.9 Å². The summed E-state index contributed by atoms with van der Waals surface area (Å²) >= 11 is 1.39.